The molecule has 0 spiro atoms. The largest absolute Gasteiger partial charge is 0.494 e. The lowest BCUT2D eigenvalue weighted by atomic mass is 10.1. The van der Waals surface area contributed by atoms with E-state index in [0.717, 1.165) is 11.3 Å². The van der Waals surface area contributed by atoms with Crippen molar-refractivity contribution in [2.24, 2.45) is 0 Å². The number of esters is 1. The molecule has 3 aromatic carbocycles. The second kappa shape index (κ2) is 9.01. The number of ether oxygens (including phenoxy) is 2. The fourth-order valence-corrected chi connectivity index (χ4v) is 4.13. The van der Waals surface area contributed by atoms with Gasteiger partial charge in [-0.25, -0.2) is 4.79 Å². The molecule has 0 aliphatic carbocycles. The smallest absolute Gasteiger partial charge is 0.344 e. The van der Waals surface area contributed by atoms with Crippen molar-refractivity contribution in [3.05, 3.63) is 92.4 Å². The van der Waals surface area contributed by atoms with E-state index < -0.39 is 5.97 Å². The van der Waals surface area contributed by atoms with Crippen molar-refractivity contribution in [1.29, 1.82) is 0 Å². The zero-order chi connectivity index (χ0) is 22.8. The molecule has 0 aliphatic heterocycles. The van der Waals surface area contributed by atoms with Crippen molar-refractivity contribution in [1.82, 2.24) is 0 Å². The average Bonchev–Trinajstić information content (AvgIpc) is 2.98. The topological polar surface area (TPSA) is 65.7 Å². The van der Waals surface area contributed by atoms with Crippen LogP contribution in [-0.2, 0) is 0 Å². The molecule has 0 aliphatic rings. The number of hydrogen-bond acceptors (Lipinski definition) is 5. The van der Waals surface area contributed by atoms with Crippen molar-refractivity contribution < 1.29 is 18.7 Å². The summed E-state index contributed by atoms with van der Waals surface area (Å²) in [6, 6.07) is 17.7. The van der Waals surface area contributed by atoms with E-state index >= 15 is 0 Å². The van der Waals surface area contributed by atoms with Crippen molar-refractivity contribution in [2.75, 3.05) is 6.61 Å². The van der Waals surface area contributed by atoms with Gasteiger partial charge < -0.3 is 13.9 Å². The Morgan fingerprint density at radius 1 is 0.938 bits per heavy atom. The highest BCUT2D eigenvalue weighted by Gasteiger charge is 2.20. The van der Waals surface area contributed by atoms with Gasteiger partial charge in [-0.1, -0.05) is 24.3 Å². The van der Waals surface area contributed by atoms with Gasteiger partial charge >= 0.3 is 5.97 Å². The first-order valence-electron chi connectivity index (χ1n) is 10.2. The normalized spacial score (nSPS) is 10.9. The van der Waals surface area contributed by atoms with E-state index in [-0.39, 0.29) is 11.2 Å². The van der Waals surface area contributed by atoms with Crippen LogP contribution in [0.2, 0.25) is 0 Å². The minimum absolute atomic E-state index is 0.207. The molecule has 1 aromatic heterocycles. The Kier molecular flexibility index (Phi) is 6.15. The van der Waals surface area contributed by atoms with Crippen LogP contribution in [0.4, 0.5) is 0 Å². The van der Waals surface area contributed by atoms with Gasteiger partial charge in [0.15, 0.2) is 5.43 Å². The van der Waals surface area contributed by atoms with Gasteiger partial charge in [0.2, 0.25) is 0 Å². The average molecular weight is 493 g/mol. The van der Waals surface area contributed by atoms with Crippen LogP contribution in [0, 0.1) is 13.8 Å². The molecule has 0 amide bonds. The molecule has 0 saturated heterocycles. The first-order chi connectivity index (χ1) is 15.4. The molecule has 0 fully saturated rings. The first-order valence-corrected chi connectivity index (χ1v) is 11.0. The van der Waals surface area contributed by atoms with E-state index in [4.69, 9.17) is 13.9 Å². The first kappa shape index (κ1) is 21.8. The molecule has 1 heterocycles. The van der Waals surface area contributed by atoms with Crippen LogP contribution in [0.15, 0.2) is 74.3 Å². The Bertz CT molecular complexity index is 1370. The highest BCUT2D eigenvalue weighted by atomic mass is 79.9. The Morgan fingerprint density at radius 3 is 2.31 bits per heavy atom. The summed E-state index contributed by atoms with van der Waals surface area (Å²) in [6.07, 6.45) is 0. The summed E-state index contributed by atoms with van der Waals surface area (Å²) in [5.74, 6) is 1.46. The van der Waals surface area contributed by atoms with E-state index in [1.165, 1.54) is 6.07 Å². The maximum atomic E-state index is 13.1. The molecular formula is C26H21BrO5. The third-order valence-corrected chi connectivity index (χ3v) is 5.81. The van der Waals surface area contributed by atoms with Crippen LogP contribution in [0.3, 0.4) is 0 Å². The highest BCUT2D eigenvalue weighted by Crippen LogP contribution is 2.34. The maximum absolute atomic E-state index is 13.1. The minimum Gasteiger partial charge on any atom is -0.494 e. The minimum atomic E-state index is -0.534. The second-order valence-electron chi connectivity index (χ2n) is 7.26. The molecule has 4 aromatic rings. The maximum Gasteiger partial charge on any atom is 0.344 e. The number of fused-ring (bicyclic) bond motifs is 1. The van der Waals surface area contributed by atoms with Gasteiger partial charge in [-0.15, -0.1) is 0 Å². The molecule has 0 bridgehead atoms. The van der Waals surface area contributed by atoms with Gasteiger partial charge in [0.05, 0.1) is 22.9 Å². The molecule has 6 heteroatoms. The SMILES string of the molecule is CCOc1ccc(-c2cc(OC(=O)c3ccccc3Br)c3c(C)oc(C)c3c(=O)c2)cc1. The lowest BCUT2D eigenvalue weighted by molar-refractivity contribution is 0.0736. The van der Waals surface area contributed by atoms with Crippen molar-refractivity contribution in [3.63, 3.8) is 0 Å². The summed E-state index contributed by atoms with van der Waals surface area (Å²) in [5, 5.41) is 0.889. The second-order valence-corrected chi connectivity index (χ2v) is 8.12. The number of benzene rings is 2. The standard InChI is InChI=1S/C26H21BrO5/c1-4-30-19-11-9-17(10-12-19)18-13-22(28)24-15(2)31-16(3)25(24)23(14-18)32-26(29)20-7-5-6-8-21(20)27/h5-14H,4H2,1-3H3. The van der Waals surface area contributed by atoms with E-state index in [9.17, 15) is 9.59 Å². The quantitative estimate of drug-likeness (QED) is 0.299. The number of halogens is 1. The summed E-state index contributed by atoms with van der Waals surface area (Å²) >= 11 is 3.39. The zero-order valence-electron chi connectivity index (χ0n) is 17.9. The van der Waals surface area contributed by atoms with Crippen LogP contribution < -0.4 is 14.9 Å². The molecule has 0 N–H and O–H groups in total. The Labute approximate surface area is 193 Å². The summed E-state index contributed by atoms with van der Waals surface area (Å²) in [7, 11) is 0. The van der Waals surface area contributed by atoms with Gasteiger partial charge in [0.25, 0.3) is 0 Å². The summed E-state index contributed by atoms with van der Waals surface area (Å²) in [5.41, 5.74) is 1.60. The van der Waals surface area contributed by atoms with Gasteiger partial charge in [-0.3, -0.25) is 4.79 Å². The molecule has 162 valence electrons. The molecule has 0 radical (unpaired) electrons. The number of hydrogen-bond donors (Lipinski definition) is 0. The van der Waals surface area contributed by atoms with Gasteiger partial charge in [0.1, 0.15) is 23.0 Å². The fourth-order valence-electron chi connectivity index (χ4n) is 3.68. The molecule has 0 saturated carbocycles. The molecule has 32 heavy (non-hydrogen) atoms. The zero-order valence-corrected chi connectivity index (χ0v) is 19.5. The Morgan fingerprint density at radius 2 is 1.62 bits per heavy atom. The summed E-state index contributed by atoms with van der Waals surface area (Å²) < 4.78 is 17.7. The van der Waals surface area contributed by atoms with Crippen LogP contribution in [0.1, 0.15) is 28.8 Å². The van der Waals surface area contributed by atoms with E-state index in [2.05, 4.69) is 15.9 Å². The monoisotopic (exact) mass is 492 g/mol. The highest BCUT2D eigenvalue weighted by molar-refractivity contribution is 9.10. The van der Waals surface area contributed by atoms with Crippen molar-refractivity contribution in [3.8, 4) is 22.6 Å². The van der Waals surface area contributed by atoms with Gasteiger partial charge in [0, 0.05) is 4.47 Å². The lowest BCUT2D eigenvalue weighted by Crippen LogP contribution is -2.09. The molecule has 4 rings (SSSR count). The Hall–Kier alpha value is -3.38. The molecule has 0 atom stereocenters. The number of furan rings is 1. The number of rotatable bonds is 5. The predicted octanol–water partition coefficient (Wildman–Crippen LogP) is 6.46. The van der Waals surface area contributed by atoms with Crippen LogP contribution >= 0.6 is 15.9 Å². The molecule has 0 unspecified atom stereocenters. The third-order valence-electron chi connectivity index (χ3n) is 5.12. The van der Waals surface area contributed by atoms with E-state index in [0.29, 0.717) is 44.5 Å². The molecular weight excluding hydrogens is 472 g/mol. The predicted molar refractivity (Wildman–Crippen MR) is 128 cm³/mol. The number of carbonyl (C=O) groups excluding carboxylic acids is 1. The number of carbonyl (C=O) groups is 1. The fraction of sp³-hybridized carbons (Fsp3) is 0.154. The van der Waals surface area contributed by atoms with Gasteiger partial charge in [-0.05, 0) is 84.2 Å². The number of aryl methyl sites for hydroxylation is 2. The van der Waals surface area contributed by atoms with E-state index in [1.54, 1.807) is 38.1 Å². The lowest BCUT2D eigenvalue weighted by Gasteiger charge is -2.07. The third kappa shape index (κ3) is 4.18. The summed E-state index contributed by atoms with van der Waals surface area (Å²) in [4.78, 5) is 26.1. The van der Waals surface area contributed by atoms with E-state index in [1.807, 2.05) is 37.3 Å². The summed E-state index contributed by atoms with van der Waals surface area (Å²) in [6.45, 7) is 5.96. The molecule has 5 nitrogen and oxygen atoms in total. The van der Waals surface area contributed by atoms with Crippen molar-refractivity contribution >= 4 is 32.7 Å². The van der Waals surface area contributed by atoms with Gasteiger partial charge in [-0.2, -0.15) is 0 Å². The van der Waals surface area contributed by atoms with Crippen LogP contribution in [0.5, 0.6) is 11.5 Å². The van der Waals surface area contributed by atoms with Crippen molar-refractivity contribution in [2.45, 2.75) is 20.8 Å². The van der Waals surface area contributed by atoms with Crippen LogP contribution in [0.25, 0.3) is 21.9 Å². The Balaban J connectivity index is 1.90. The van der Waals surface area contributed by atoms with Crippen LogP contribution in [-0.4, -0.2) is 12.6 Å².